The van der Waals surface area contributed by atoms with E-state index >= 15 is 0 Å². The summed E-state index contributed by atoms with van der Waals surface area (Å²) in [5.74, 6) is 0. The van der Waals surface area contributed by atoms with E-state index in [1.165, 1.54) is 57.8 Å². The molecular formula is C12H31BNa2O4S. The molecule has 0 heterocycles. The number of unbranched alkanes of at least 4 members (excludes halogenated alkanes) is 9. The monoisotopic (exact) mass is 328 g/mol. The minimum absolute atomic E-state index is 0. The topological polar surface area (TPSA) is 74.6 Å². The molecule has 2 N–H and O–H groups in total. The Labute approximate surface area is 172 Å². The van der Waals surface area contributed by atoms with Crippen LogP contribution in [0.2, 0.25) is 0 Å². The van der Waals surface area contributed by atoms with E-state index in [4.69, 9.17) is 17.5 Å². The largest absolute Gasteiger partial charge is 1.00 e. The third-order valence-corrected chi connectivity index (χ3v) is 2.35. The van der Waals surface area contributed by atoms with Crippen molar-refractivity contribution in [3.63, 3.8) is 0 Å². The molecule has 0 aliphatic rings. The van der Waals surface area contributed by atoms with Gasteiger partial charge in [0.25, 0.3) is 0 Å². The number of hydrogen-bond donors (Lipinski definition) is 2. The molecule has 0 aromatic carbocycles. The Morgan fingerprint density at radius 2 is 1.05 bits per heavy atom. The van der Waals surface area contributed by atoms with E-state index in [1.807, 2.05) is 0 Å². The Balaban J connectivity index is -0.0000000821. The molecule has 0 atom stereocenters. The summed E-state index contributed by atoms with van der Waals surface area (Å²) in [4.78, 5) is 0. The molecule has 0 spiro atoms. The fourth-order valence-electron chi connectivity index (χ4n) is 1.49. The summed E-state index contributed by atoms with van der Waals surface area (Å²) in [6.07, 6.45) is 13.9. The van der Waals surface area contributed by atoms with Crippen molar-refractivity contribution >= 4 is 18.8 Å². The van der Waals surface area contributed by atoms with Crippen molar-refractivity contribution in [1.29, 1.82) is 0 Å². The Morgan fingerprint density at radius 1 is 0.800 bits per heavy atom. The smallest absolute Gasteiger partial charge is 0.343 e. The van der Waals surface area contributed by atoms with Gasteiger partial charge in [-0.2, -0.15) is 14.8 Å². The van der Waals surface area contributed by atoms with Crippen molar-refractivity contribution in [3.05, 3.63) is 6.92 Å². The molecule has 0 fully saturated rings. The number of rotatable bonds is 9. The van der Waals surface area contributed by atoms with Gasteiger partial charge in [-0.25, -0.2) is 0 Å². The summed E-state index contributed by atoms with van der Waals surface area (Å²) in [7, 11) is -4.67. The predicted octanol–water partition coefficient (Wildman–Crippen LogP) is -3.36. The maximum absolute atomic E-state index is 8.74. The normalized spacial score (nSPS) is 9.20. The Morgan fingerprint density at radius 3 is 1.30 bits per heavy atom. The van der Waals surface area contributed by atoms with E-state index in [9.17, 15) is 0 Å². The molecule has 0 amide bonds. The van der Waals surface area contributed by atoms with Crippen molar-refractivity contribution in [2.45, 2.75) is 71.1 Å². The Kier molecular flexibility index (Phi) is 43.3. The SMILES string of the molecule is O=S(=O)(O)O.[BH4-].[CH2-]CCCCCCCCCCC.[Na+].[Na+]. The maximum Gasteiger partial charge on any atom is 1.00 e. The minimum Gasteiger partial charge on any atom is -0.343 e. The Bertz CT molecular complexity index is 222. The van der Waals surface area contributed by atoms with Crippen LogP contribution in [0.5, 0.6) is 0 Å². The Hall–Kier alpha value is 1.93. The average molecular weight is 328 g/mol. The molecule has 0 aromatic heterocycles. The van der Waals surface area contributed by atoms with E-state index in [2.05, 4.69) is 13.8 Å². The second kappa shape index (κ2) is 25.9. The van der Waals surface area contributed by atoms with Crippen LogP contribution in [0.25, 0.3) is 0 Å². The third-order valence-electron chi connectivity index (χ3n) is 2.35. The van der Waals surface area contributed by atoms with Crippen LogP contribution in [-0.2, 0) is 10.4 Å². The van der Waals surface area contributed by atoms with Crippen molar-refractivity contribution in [2.75, 3.05) is 0 Å². The van der Waals surface area contributed by atoms with Gasteiger partial charge in [0.2, 0.25) is 0 Å². The zero-order chi connectivity index (χ0) is 13.6. The van der Waals surface area contributed by atoms with Crippen LogP contribution in [-0.4, -0.2) is 25.9 Å². The van der Waals surface area contributed by atoms with E-state index in [-0.39, 0.29) is 67.5 Å². The molecule has 0 rings (SSSR count). The molecule has 0 aromatic rings. The van der Waals surface area contributed by atoms with Gasteiger partial charge in [0, 0.05) is 0 Å². The summed E-state index contributed by atoms with van der Waals surface area (Å²) in [6.45, 7) is 6.12. The zero-order valence-corrected chi connectivity index (χ0v) is 17.7. The molecular weight excluding hydrogens is 297 g/mol. The molecule has 114 valence electrons. The van der Waals surface area contributed by atoms with Crippen molar-refractivity contribution in [1.82, 2.24) is 0 Å². The molecule has 0 aliphatic heterocycles. The van der Waals surface area contributed by atoms with E-state index in [0.717, 1.165) is 6.42 Å². The molecule has 0 aliphatic carbocycles. The van der Waals surface area contributed by atoms with Crippen LogP contribution in [0.4, 0.5) is 0 Å². The minimum atomic E-state index is -4.67. The van der Waals surface area contributed by atoms with E-state index in [1.54, 1.807) is 0 Å². The molecule has 20 heavy (non-hydrogen) atoms. The van der Waals surface area contributed by atoms with Crippen LogP contribution in [0.3, 0.4) is 0 Å². The van der Waals surface area contributed by atoms with Gasteiger partial charge in [-0.15, -0.1) is 0 Å². The molecule has 8 heteroatoms. The molecule has 0 saturated heterocycles. The zero-order valence-electron chi connectivity index (χ0n) is 12.9. The van der Waals surface area contributed by atoms with Gasteiger partial charge in [-0.05, 0) is 0 Å². The molecule has 0 unspecified atom stereocenters. The molecule has 4 nitrogen and oxygen atoms in total. The first-order valence-electron chi connectivity index (χ1n) is 6.41. The predicted molar refractivity (Wildman–Crippen MR) is 82.7 cm³/mol. The standard InChI is InChI=1S/C12H25.BH4.2Na.H2O4S/c1-3-5-7-9-11-12-10-8-6-4-2;;;;1-5(2,3)4/h1,3-12H2,2H3;1H4;;;(H2,1,2,3,4)/q2*-1;2*+1;. The van der Waals surface area contributed by atoms with Gasteiger partial charge in [-0.3, -0.25) is 9.11 Å². The van der Waals surface area contributed by atoms with Crippen LogP contribution >= 0.6 is 0 Å². The van der Waals surface area contributed by atoms with Gasteiger partial charge in [-0.1, -0.05) is 73.1 Å². The second-order valence-corrected chi connectivity index (χ2v) is 5.03. The first-order valence-corrected chi connectivity index (χ1v) is 7.80. The van der Waals surface area contributed by atoms with Gasteiger partial charge >= 0.3 is 69.5 Å². The van der Waals surface area contributed by atoms with Crippen molar-refractivity contribution in [3.8, 4) is 0 Å². The maximum atomic E-state index is 8.74. The van der Waals surface area contributed by atoms with E-state index in [0.29, 0.717) is 0 Å². The summed E-state index contributed by atoms with van der Waals surface area (Å²) in [5.41, 5.74) is 0. The average Bonchev–Trinajstić information content (AvgIpc) is 2.20. The van der Waals surface area contributed by atoms with Crippen molar-refractivity contribution < 1.29 is 76.6 Å². The van der Waals surface area contributed by atoms with Crippen LogP contribution in [0.15, 0.2) is 0 Å². The fraction of sp³-hybridized carbons (Fsp3) is 0.917. The van der Waals surface area contributed by atoms with Crippen LogP contribution in [0.1, 0.15) is 71.1 Å². The van der Waals surface area contributed by atoms with Crippen molar-refractivity contribution in [2.24, 2.45) is 0 Å². The van der Waals surface area contributed by atoms with Gasteiger partial charge in [0.15, 0.2) is 0 Å². The fourth-order valence-corrected chi connectivity index (χ4v) is 1.49. The summed E-state index contributed by atoms with van der Waals surface area (Å²) < 4.78 is 31.6. The van der Waals surface area contributed by atoms with Crippen LogP contribution in [0, 0.1) is 6.92 Å². The first kappa shape index (κ1) is 33.5. The van der Waals surface area contributed by atoms with E-state index < -0.39 is 10.4 Å². The van der Waals surface area contributed by atoms with Gasteiger partial charge in [0.05, 0.1) is 0 Å². The van der Waals surface area contributed by atoms with Crippen LogP contribution < -0.4 is 59.1 Å². The molecule has 0 saturated carbocycles. The molecule has 0 bridgehead atoms. The molecule has 0 radical (unpaired) electrons. The number of hydrogen-bond acceptors (Lipinski definition) is 2. The summed E-state index contributed by atoms with van der Waals surface area (Å²) in [5, 5.41) is 0. The van der Waals surface area contributed by atoms with Gasteiger partial charge in [0.1, 0.15) is 0 Å². The quantitative estimate of drug-likeness (QED) is 0.201. The second-order valence-electron chi connectivity index (χ2n) is 4.13. The summed E-state index contributed by atoms with van der Waals surface area (Å²) in [6, 6.07) is 0. The third kappa shape index (κ3) is 59.8. The summed E-state index contributed by atoms with van der Waals surface area (Å²) >= 11 is 0. The first-order chi connectivity index (χ1) is 7.91. The van der Waals surface area contributed by atoms with Gasteiger partial charge < -0.3 is 6.92 Å².